The van der Waals surface area contributed by atoms with Gasteiger partial charge in [-0.1, -0.05) is 19.1 Å². The minimum atomic E-state index is -0.0927. The first-order valence-electron chi connectivity index (χ1n) is 9.14. The van der Waals surface area contributed by atoms with Crippen molar-refractivity contribution < 1.29 is 9.59 Å². The van der Waals surface area contributed by atoms with E-state index in [1.165, 1.54) is 12.8 Å². The molecule has 0 atom stereocenters. The zero-order valence-electron chi connectivity index (χ0n) is 14.8. The molecular weight excluding hydrogens is 300 g/mol. The Morgan fingerprint density at radius 3 is 2.75 bits per heavy atom. The molecule has 1 saturated carbocycles. The van der Waals surface area contributed by atoms with Crippen molar-refractivity contribution in [3.05, 3.63) is 35.4 Å². The molecule has 0 radical (unpaired) electrons. The fourth-order valence-corrected chi connectivity index (χ4v) is 3.77. The second-order valence-electron chi connectivity index (χ2n) is 7.82. The van der Waals surface area contributed by atoms with Gasteiger partial charge in [-0.15, -0.1) is 0 Å². The van der Waals surface area contributed by atoms with E-state index in [0.29, 0.717) is 18.5 Å². The summed E-state index contributed by atoms with van der Waals surface area (Å²) >= 11 is 0. The summed E-state index contributed by atoms with van der Waals surface area (Å²) < 4.78 is 0. The molecule has 1 aliphatic heterocycles. The normalized spacial score (nSPS) is 27.3. The number of nitrogens with zero attached hydrogens (tertiary/aromatic N) is 1. The van der Waals surface area contributed by atoms with Crippen LogP contribution in [0, 0.1) is 5.92 Å². The van der Waals surface area contributed by atoms with Crippen LogP contribution >= 0.6 is 0 Å². The van der Waals surface area contributed by atoms with Crippen molar-refractivity contribution in [3.63, 3.8) is 0 Å². The van der Waals surface area contributed by atoms with Gasteiger partial charge in [0.05, 0.1) is 0 Å². The van der Waals surface area contributed by atoms with Crippen LogP contribution in [0.15, 0.2) is 24.3 Å². The third kappa shape index (κ3) is 3.97. The van der Waals surface area contributed by atoms with Crippen LogP contribution in [0.25, 0.3) is 0 Å². The van der Waals surface area contributed by atoms with E-state index >= 15 is 0 Å². The highest BCUT2D eigenvalue weighted by molar-refractivity contribution is 5.94. The zero-order chi connectivity index (χ0) is 17.2. The first kappa shape index (κ1) is 17.0. The number of likely N-dealkylation sites (tertiary alicyclic amines) is 1. The van der Waals surface area contributed by atoms with Gasteiger partial charge in [0.1, 0.15) is 0 Å². The molecule has 1 heterocycles. The molecule has 0 spiro atoms. The summed E-state index contributed by atoms with van der Waals surface area (Å²) in [5, 5.41) is 3.24. The van der Waals surface area contributed by atoms with E-state index in [9.17, 15) is 9.59 Å². The highest BCUT2D eigenvalue weighted by Gasteiger charge is 2.31. The Labute approximate surface area is 144 Å². The van der Waals surface area contributed by atoms with Crippen molar-refractivity contribution in [3.8, 4) is 0 Å². The van der Waals surface area contributed by atoms with Gasteiger partial charge in [0, 0.05) is 30.6 Å². The number of benzene rings is 1. The van der Waals surface area contributed by atoms with E-state index in [2.05, 4.69) is 19.2 Å². The first-order valence-corrected chi connectivity index (χ1v) is 9.14. The minimum absolute atomic E-state index is 0.00153. The molecule has 0 aromatic heterocycles. The van der Waals surface area contributed by atoms with Gasteiger partial charge in [0.2, 0.25) is 5.91 Å². The number of rotatable bonds is 4. The van der Waals surface area contributed by atoms with Gasteiger partial charge < -0.3 is 10.2 Å². The Balaban J connectivity index is 1.64. The molecule has 2 fully saturated rings. The third-order valence-corrected chi connectivity index (χ3v) is 5.53. The van der Waals surface area contributed by atoms with Crippen LogP contribution in [0.4, 0.5) is 0 Å². The summed E-state index contributed by atoms with van der Waals surface area (Å²) in [5.74, 6) is 0.978. The summed E-state index contributed by atoms with van der Waals surface area (Å²) in [6.45, 7) is 5.87. The average molecular weight is 328 g/mol. The molecule has 3 rings (SSSR count). The standard InChI is InChI=1S/C20H28N2O2/c1-15-8-10-20(2,11-9-15)21-19(24)17-6-3-5-16(13-17)14-22-12-4-7-18(22)23/h3,5-6,13,15H,4,7-12,14H2,1-2H3,(H,21,24). The van der Waals surface area contributed by atoms with E-state index in [1.807, 2.05) is 29.2 Å². The van der Waals surface area contributed by atoms with Crippen molar-refractivity contribution in [1.82, 2.24) is 10.2 Å². The van der Waals surface area contributed by atoms with Gasteiger partial charge in [-0.3, -0.25) is 9.59 Å². The minimum Gasteiger partial charge on any atom is -0.347 e. The predicted octanol–water partition coefficient (Wildman–Crippen LogP) is 3.51. The molecular formula is C20H28N2O2. The highest BCUT2D eigenvalue weighted by Crippen LogP contribution is 2.31. The molecule has 1 aromatic rings. The maximum atomic E-state index is 12.7. The maximum absolute atomic E-state index is 12.7. The van der Waals surface area contributed by atoms with Crippen LogP contribution in [0.1, 0.15) is 68.3 Å². The second-order valence-corrected chi connectivity index (χ2v) is 7.82. The van der Waals surface area contributed by atoms with Crippen LogP contribution in [0.3, 0.4) is 0 Å². The Morgan fingerprint density at radius 2 is 2.08 bits per heavy atom. The lowest BCUT2D eigenvalue weighted by Gasteiger charge is -2.37. The van der Waals surface area contributed by atoms with Gasteiger partial charge >= 0.3 is 0 Å². The van der Waals surface area contributed by atoms with Crippen LogP contribution < -0.4 is 5.32 Å². The summed E-state index contributed by atoms with van der Waals surface area (Å²) in [6.07, 6.45) is 6.03. The first-order chi connectivity index (χ1) is 11.5. The molecule has 4 heteroatoms. The summed E-state index contributed by atoms with van der Waals surface area (Å²) in [7, 11) is 0. The molecule has 1 aromatic carbocycles. The van der Waals surface area contributed by atoms with Crippen LogP contribution in [0.5, 0.6) is 0 Å². The van der Waals surface area contributed by atoms with E-state index in [-0.39, 0.29) is 17.4 Å². The molecule has 24 heavy (non-hydrogen) atoms. The van der Waals surface area contributed by atoms with Gasteiger partial charge in [-0.2, -0.15) is 0 Å². The van der Waals surface area contributed by atoms with Crippen molar-refractivity contribution in [1.29, 1.82) is 0 Å². The Bertz CT molecular complexity index is 618. The van der Waals surface area contributed by atoms with Gasteiger partial charge in [-0.05, 0) is 62.6 Å². The smallest absolute Gasteiger partial charge is 0.251 e. The molecule has 130 valence electrons. The molecule has 0 unspecified atom stereocenters. The Morgan fingerprint density at radius 1 is 1.33 bits per heavy atom. The van der Waals surface area contributed by atoms with Crippen molar-refractivity contribution in [2.45, 2.75) is 64.5 Å². The fourth-order valence-electron chi connectivity index (χ4n) is 3.77. The SMILES string of the molecule is CC1CCC(C)(NC(=O)c2cccc(CN3CCCC3=O)c2)CC1. The fraction of sp³-hybridized carbons (Fsp3) is 0.600. The average Bonchev–Trinajstić information content (AvgIpc) is 2.96. The number of carbonyl (C=O) groups excluding carboxylic acids is 2. The third-order valence-electron chi connectivity index (χ3n) is 5.53. The molecule has 1 aliphatic carbocycles. The topological polar surface area (TPSA) is 49.4 Å². The van der Waals surface area contributed by atoms with Gasteiger partial charge in [-0.25, -0.2) is 0 Å². The van der Waals surface area contributed by atoms with E-state index in [1.54, 1.807) is 0 Å². The second kappa shape index (κ2) is 6.96. The van der Waals surface area contributed by atoms with Crippen LogP contribution in [0.2, 0.25) is 0 Å². The van der Waals surface area contributed by atoms with Crippen molar-refractivity contribution >= 4 is 11.8 Å². The van der Waals surface area contributed by atoms with Gasteiger partial charge in [0.25, 0.3) is 5.91 Å². The monoisotopic (exact) mass is 328 g/mol. The number of carbonyl (C=O) groups is 2. The molecule has 1 N–H and O–H groups in total. The van der Waals surface area contributed by atoms with E-state index < -0.39 is 0 Å². The lowest BCUT2D eigenvalue weighted by atomic mass is 9.78. The Kier molecular flexibility index (Phi) is 4.93. The van der Waals surface area contributed by atoms with Crippen molar-refractivity contribution in [2.24, 2.45) is 5.92 Å². The quantitative estimate of drug-likeness (QED) is 0.919. The molecule has 4 nitrogen and oxygen atoms in total. The summed E-state index contributed by atoms with van der Waals surface area (Å²) in [4.78, 5) is 26.3. The number of hydrogen-bond donors (Lipinski definition) is 1. The zero-order valence-corrected chi connectivity index (χ0v) is 14.8. The van der Waals surface area contributed by atoms with Gasteiger partial charge in [0.15, 0.2) is 0 Å². The number of hydrogen-bond acceptors (Lipinski definition) is 2. The van der Waals surface area contributed by atoms with E-state index in [0.717, 1.165) is 37.3 Å². The van der Waals surface area contributed by atoms with E-state index in [4.69, 9.17) is 0 Å². The molecule has 2 aliphatic rings. The molecule has 2 amide bonds. The summed E-state index contributed by atoms with van der Waals surface area (Å²) in [6, 6.07) is 7.69. The molecule has 0 bridgehead atoms. The predicted molar refractivity (Wildman–Crippen MR) is 94.6 cm³/mol. The number of nitrogens with one attached hydrogen (secondary N) is 1. The number of amides is 2. The van der Waals surface area contributed by atoms with Crippen LogP contribution in [-0.2, 0) is 11.3 Å². The highest BCUT2D eigenvalue weighted by atomic mass is 16.2. The lowest BCUT2D eigenvalue weighted by Crippen LogP contribution is -2.48. The Hall–Kier alpha value is -1.84. The largest absolute Gasteiger partial charge is 0.347 e. The maximum Gasteiger partial charge on any atom is 0.251 e. The van der Waals surface area contributed by atoms with Crippen LogP contribution in [-0.4, -0.2) is 28.8 Å². The lowest BCUT2D eigenvalue weighted by molar-refractivity contribution is -0.128. The molecule has 1 saturated heterocycles. The summed E-state index contributed by atoms with van der Waals surface area (Å²) in [5.41, 5.74) is 1.63. The van der Waals surface area contributed by atoms with Crippen molar-refractivity contribution in [2.75, 3.05) is 6.54 Å².